The lowest BCUT2D eigenvalue weighted by Gasteiger charge is -2.05. The molecule has 0 aliphatic heterocycles. The molecule has 0 spiro atoms. The van der Waals surface area contributed by atoms with Crippen molar-refractivity contribution in [3.05, 3.63) is 75.1 Å². The first-order chi connectivity index (χ1) is 10.1. The van der Waals surface area contributed by atoms with Crippen LogP contribution in [-0.4, -0.2) is 5.91 Å². The molecule has 21 heavy (non-hydrogen) atoms. The summed E-state index contributed by atoms with van der Waals surface area (Å²) in [4.78, 5) is 24.5. The lowest BCUT2D eigenvalue weighted by molar-refractivity contribution is 0.102. The van der Waals surface area contributed by atoms with Gasteiger partial charge in [0.05, 0.1) is 5.39 Å². The van der Waals surface area contributed by atoms with Crippen LogP contribution in [0.1, 0.15) is 10.4 Å². The summed E-state index contributed by atoms with van der Waals surface area (Å²) in [6.07, 6.45) is 1.19. The van der Waals surface area contributed by atoms with E-state index in [-0.39, 0.29) is 11.0 Å². The number of amides is 1. The Bertz CT molecular complexity index is 886. The van der Waals surface area contributed by atoms with Gasteiger partial charge >= 0.3 is 0 Å². The predicted molar refractivity (Wildman–Crippen MR) is 84.6 cm³/mol. The number of para-hydroxylation sites is 1. The highest BCUT2D eigenvalue weighted by Gasteiger charge is 2.14. The number of anilines is 1. The smallest absolute Gasteiger partial charge is 0.262 e. The van der Waals surface area contributed by atoms with Gasteiger partial charge in [-0.15, -0.1) is 0 Å². The van der Waals surface area contributed by atoms with E-state index in [1.807, 2.05) is 6.07 Å². The maximum Gasteiger partial charge on any atom is 0.262 e. The Kier molecular flexibility index (Phi) is 3.58. The molecule has 0 fully saturated rings. The molecule has 2 aromatic carbocycles. The van der Waals surface area contributed by atoms with E-state index < -0.39 is 5.91 Å². The van der Waals surface area contributed by atoms with Gasteiger partial charge in [0.1, 0.15) is 17.4 Å². The number of carbonyl (C=O) groups is 1. The van der Waals surface area contributed by atoms with Crippen molar-refractivity contribution in [2.45, 2.75) is 0 Å². The second-order valence-electron chi connectivity index (χ2n) is 4.44. The summed E-state index contributed by atoms with van der Waals surface area (Å²) in [5.74, 6) is -0.493. The molecule has 3 rings (SSSR count). The summed E-state index contributed by atoms with van der Waals surface area (Å²) in [6.45, 7) is 0. The molecule has 0 radical (unpaired) electrons. The van der Waals surface area contributed by atoms with Gasteiger partial charge < -0.3 is 9.73 Å². The van der Waals surface area contributed by atoms with E-state index in [4.69, 9.17) is 4.42 Å². The summed E-state index contributed by atoms with van der Waals surface area (Å²) in [6, 6.07) is 14.0. The monoisotopic (exact) mass is 343 g/mol. The maximum atomic E-state index is 12.3. The lowest BCUT2D eigenvalue weighted by atomic mass is 10.1. The third kappa shape index (κ3) is 2.73. The topological polar surface area (TPSA) is 59.3 Å². The summed E-state index contributed by atoms with van der Waals surface area (Å²) in [5.41, 5.74) is 0.696. The number of fused-ring (bicyclic) bond motifs is 1. The van der Waals surface area contributed by atoms with E-state index in [2.05, 4.69) is 21.2 Å². The fourth-order valence-electron chi connectivity index (χ4n) is 2.00. The molecule has 1 N–H and O–H groups in total. The zero-order chi connectivity index (χ0) is 14.8. The van der Waals surface area contributed by atoms with Crippen LogP contribution in [0, 0.1) is 0 Å². The van der Waals surface area contributed by atoms with Gasteiger partial charge in [0.25, 0.3) is 5.91 Å². The molecule has 4 nitrogen and oxygen atoms in total. The van der Waals surface area contributed by atoms with Crippen LogP contribution in [-0.2, 0) is 0 Å². The molecule has 104 valence electrons. The van der Waals surface area contributed by atoms with Crippen LogP contribution in [0.4, 0.5) is 5.69 Å². The van der Waals surface area contributed by atoms with Crippen molar-refractivity contribution in [3.63, 3.8) is 0 Å². The molecule has 1 heterocycles. The highest BCUT2D eigenvalue weighted by molar-refractivity contribution is 9.10. The summed E-state index contributed by atoms with van der Waals surface area (Å²) in [5, 5.41) is 3.06. The Morgan fingerprint density at radius 1 is 1.10 bits per heavy atom. The molecule has 0 unspecified atom stereocenters. The number of rotatable bonds is 2. The highest BCUT2D eigenvalue weighted by Crippen LogP contribution is 2.17. The second-order valence-corrected chi connectivity index (χ2v) is 5.35. The average molecular weight is 344 g/mol. The number of hydrogen-bond donors (Lipinski definition) is 1. The van der Waals surface area contributed by atoms with Crippen LogP contribution in [0.25, 0.3) is 11.0 Å². The van der Waals surface area contributed by atoms with Gasteiger partial charge in [-0.1, -0.05) is 34.1 Å². The van der Waals surface area contributed by atoms with E-state index in [0.29, 0.717) is 16.7 Å². The van der Waals surface area contributed by atoms with Gasteiger partial charge in [0.2, 0.25) is 5.43 Å². The minimum absolute atomic E-state index is 0.0197. The van der Waals surface area contributed by atoms with E-state index in [9.17, 15) is 9.59 Å². The molecule has 3 aromatic rings. The fourth-order valence-corrected chi connectivity index (χ4v) is 2.40. The van der Waals surface area contributed by atoms with E-state index in [0.717, 1.165) is 4.47 Å². The van der Waals surface area contributed by atoms with E-state index in [1.165, 1.54) is 6.26 Å². The van der Waals surface area contributed by atoms with Crippen LogP contribution in [0.15, 0.2) is 68.5 Å². The maximum absolute atomic E-state index is 12.3. The van der Waals surface area contributed by atoms with Crippen molar-refractivity contribution in [2.75, 3.05) is 5.32 Å². The van der Waals surface area contributed by atoms with Gasteiger partial charge in [0.15, 0.2) is 0 Å². The van der Waals surface area contributed by atoms with Crippen molar-refractivity contribution in [1.82, 2.24) is 0 Å². The first-order valence-electron chi connectivity index (χ1n) is 6.22. The first-order valence-corrected chi connectivity index (χ1v) is 7.02. The van der Waals surface area contributed by atoms with Crippen molar-refractivity contribution in [3.8, 4) is 0 Å². The molecular formula is C16H10BrNO3. The lowest BCUT2D eigenvalue weighted by Crippen LogP contribution is -2.21. The zero-order valence-corrected chi connectivity index (χ0v) is 12.4. The van der Waals surface area contributed by atoms with Crippen molar-refractivity contribution in [2.24, 2.45) is 0 Å². The second kappa shape index (κ2) is 5.54. The molecule has 0 atom stereocenters. The fraction of sp³-hybridized carbons (Fsp3) is 0. The molecule has 0 aliphatic carbocycles. The number of hydrogen-bond acceptors (Lipinski definition) is 3. The van der Waals surface area contributed by atoms with Crippen LogP contribution in [0.3, 0.4) is 0 Å². The summed E-state index contributed by atoms with van der Waals surface area (Å²) in [7, 11) is 0. The van der Waals surface area contributed by atoms with Gasteiger partial charge in [-0.3, -0.25) is 9.59 Å². The van der Waals surface area contributed by atoms with Crippen LogP contribution < -0.4 is 10.7 Å². The molecule has 0 saturated heterocycles. The van der Waals surface area contributed by atoms with E-state index >= 15 is 0 Å². The molecule has 1 aromatic heterocycles. The van der Waals surface area contributed by atoms with Crippen molar-refractivity contribution >= 4 is 38.5 Å². The number of halogens is 1. The number of carbonyl (C=O) groups excluding carboxylic acids is 1. The third-order valence-electron chi connectivity index (χ3n) is 3.01. The Morgan fingerprint density at radius 3 is 2.71 bits per heavy atom. The molecule has 0 saturated carbocycles. The number of nitrogens with one attached hydrogen (secondary N) is 1. The first kappa shape index (κ1) is 13.6. The zero-order valence-electron chi connectivity index (χ0n) is 10.8. The van der Waals surface area contributed by atoms with Gasteiger partial charge in [-0.25, -0.2) is 0 Å². The Hall–Kier alpha value is -2.40. The Morgan fingerprint density at radius 2 is 1.90 bits per heavy atom. The molecule has 0 bridgehead atoms. The molecule has 1 amide bonds. The van der Waals surface area contributed by atoms with Gasteiger partial charge in [-0.05, 0) is 30.3 Å². The van der Waals surface area contributed by atoms with Crippen molar-refractivity contribution < 1.29 is 9.21 Å². The van der Waals surface area contributed by atoms with Gasteiger partial charge in [0, 0.05) is 10.2 Å². The summed E-state index contributed by atoms with van der Waals surface area (Å²) >= 11 is 3.32. The van der Waals surface area contributed by atoms with Crippen LogP contribution in [0.5, 0.6) is 0 Å². The predicted octanol–water partition coefficient (Wildman–Crippen LogP) is 3.81. The SMILES string of the molecule is O=C(Nc1cccc(Br)c1)c1coc2ccccc2c1=O. The third-order valence-corrected chi connectivity index (χ3v) is 3.50. The normalized spacial score (nSPS) is 10.5. The minimum Gasteiger partial charge on any atom is -0.463 e. The average Bonchev–Trinajstić information content (AvgIpc) is 2.48. The molecule has 5 heteroatoms. The molecular weight excluding hydrogens is 334 g/mol. The number of benzene rings is 2. The van der Waals surface area contributed by atoms with Crippen LogP contribution >= 0.6 is 15.9 Å². The largest absolute Gasteiger partial charge is 0.463 e. The van der Waals surface area contributed by atoms with Crippen LogP contribution in [0.2, 0.25) is 0 Å². The Labute approximate surface area is 128 Å². The minimum atomic E-state index is -0.493. The molecule has 0 aliphatic rings. The van der Waals surface area contributed by atoms with Crippen molar-refractivity contribution in [1.29, 1.82) is 0 Å². The summed E-state index contributed by atoms with van der Waals surface area (Å²) < 4.78 is 6.17. The standard InChI is InChI=1S/C16H10BrNO3/c17-10-4-3-5-11(8-10)18-16(20)13-9-21-14-7-2-1-6-12(14)15(13)19/h1-9H,(H,18,20). The van der Waals surface area contributed by atoms with E-state index in [1.54, 1.807) is 42.5 Å². The highest BCUT2D eigenvalue weighted by atomic mass is 79.9. The van der Waals surface area contributed by atoms with Gasteiger partial charge in [-0.2, -0.15) is 0 Å². The Balaban J connectivity index is 1.99. The quantitative estimate of drug-likeness (QED) is 0.769.